The Hall–Kier alpha value is -1.42. The number of carboxylic acids is 1. The molecule has 0 saturated carbocycles. The molecule has 19 heavy (non-hydrogen) atoms. The summed E-state index contributed by atoms with van der Waals surface area (Å²) in [6, 6.07) is 3.24. The predicted molar refractivity (Wildman–Crippen MR) is 74.3 cm³/mol. The van der Waals surface area contributed by atoms with E-state index in [1.54, 1.807) is 12.1 Å². The molecule has 0 aromatic heterocycles. The lowest BCUT2D eigenvalue weighted by Crippen LogP contribution is -2.11. The third-order valence-electron chi connectivity index (χ3n) is 2.18. The number of rotatable bonds is 6. The van der Waals surface area contributed by atoms with E-state index in [0.717, 1.165) is 0 Å². The van der Waals surface area contributed by atoms with Crippen LogP contribution in [0.15, 0.2) is 12.1 Å². The van der Waals surface area contributed by atoms with Gasteiger partial charge in [0.15, 0.2) is 0 Å². The lowest BCUT2D eigenvalue weighted by molar-refractivity contribution is -0.136. The summed E-state index contributed by atoms with van der Waals surface area (Å²) in [4.78, 5) is 10.9. The Morgan fingerprint density at radius 3 is 2.16 bits per heavy atom. The molecule has 0 aliphatic rings. The van der Waals surface area contributed by atoms with Crippen molar-refractivity contribution in [2.45, 2.75) is 46.3 Å². The molecule has 106 valence electrons. The second-order valence-corrected chi connectivity index (χ2v) is 5.20. The summed E-state index contributed by atoms with van der Waals surface area (Å²) in [5.41, 5.74) is 0.557. The number of carbonyl (C=O) groups is 1. The Bertz CT molecular complexity index is 455. The zero-order valence-corrected chi connectivity index (χ0v) is 12.3. The third-order valence-corrected chi connectivity index (χ3v) is 2.48. The molecule has 0 aliphatic heterocycles. The quantitative estimate of drug-likeness (QED) is 0.869. The van der Waals surface area contributed by atoms with Gasteiger partial charge in [0.25, 0.3) is 0 Å². The largest absolute Gasteiger partial charge is 0.491 e. The van der Waals surface area contributed by atoms with Crippen LogP contribution in [0.4, 0.5) is 0 Å². The van der Waals surface area contributed by atoms with Crippen molar-refractivity contribution in [2.75, 3.05) is 0 Å². The molecule has 0 bridgehead atoms. The van der Waals surface area contributed by atoms with E-state index >= 15 is 0 Å². The molecule has 4 nitrogen and oxygen atoms in total. The van der Waals surface area contributed by atoms with Gasteiger partial charge in [0.2, 0.25) is 0 Å². The van der Waals surface area contributed by atoms with Crippen LogP contribution in [-0.2, 0) is 11.2 Å². The summed E-state index contributed by atoms with van der Waals surface area (Å²) in [6.45, 7) is 7.51. The molecule has 0 saturated heterocycles. The van der Waals surface area contributed by atoms with Crippen LogP contribution in [0.2, 0.25) is 5.02 Å². The minimum atomic E-state index is -0.925. The van der Waals surface area contributed by atoms with Crippen LogP contribution in [0, 0.1) is 0 Å². The molecule has 0 amide bonds. The minimum Gasteiger partial charge on any atom is -0.491 e. The normalized spacial score (nSPS) is 10.9. The standard InChI is InChI=1S/C14H19ClO4/c1-8(2)18-12-7-11(15)13(19-9(3)4)5-10(12)6-14(16)17/h5,7-9H,6H2,1-4H3,(H,16,17). The Morgan fingerprint density at radius 1 is 1.16 bits per heavy atom. The van der Waals surface area contributed by atoms with Crippen LogP contribution in [0.1, 0.15) is 33.3 Å². The first-order valence-electron chi connectivity index (χ1n) is 6.17. The number of hydrogen-bond donors (Lipinski definition) is 1. The average Bonchev–Trinajstić information content (AvgIpc) is 2.22. The van der Waals surface area contributed by atoms with Crippen LogP contribution in [0.25, 0.3) is 0 Å². The first-order valence-corrected chi connectivity index (χ1v) is 6.55. The highest BCUT2D eigenvalue weighted by atomic mass is 35.5. The van der Waals surface area contributed by atoms with Gasteiger partial charge < -0.3 is 14.6 Å². The van der Waals surface area contributed by atoms with Gasteiger partial charge in [-0.2, -0.15) is 0 Å². The minimum absolute atomic E-state index is 0.0351. The van der Waals surface area contributed by atoms with Crippen molar-refractivity contribution in [3.8, 4) is 11.5 Å². The van der Waals surface area contributed by atoms with E-state index in [1.165, 1.54) is 0 Å². The molecule has 0 atom stereocenters. The maximum Gasteiger partial charge on any atom is 0.307 e. The summed E-state index contributed by atoms with van der Waals surface area (Å²) < 4.78 is 11.1. The lowest BCUT2D eigenvalue weighted by atomic mass is 10.1. The molecule has 0 radical (unpaired) electrons. The van der Waals surface area contributed by atoms with Crippen LogP contribution < -0.4 is 9.47 Å². The molecule has 0 aliphatic carbocycles. The van der Waals surface area contributed by atoms with Crippen molar-refractivity contribution in [3.63, 3.8) is 0 Å². The highest BCUT2D eigenvalue weighted by molar-refractivity contribution is 6.32. The van der Waals surface area contributed by atoms with Gasteiger partial charge in [-0.15, -0.1) is 0 Å². The van der Waals surface area contributed by atoms with E-state index in [9.17, 15) is 4.79 Å². The second kappa shape index (κ2) is 6.66. The maximum atomic E-state index is 10.9. The van der Waals surface area contributed by atoms with Gasteiger partial charge in [-0.25, -0.2) is 0 Å². The van der Waals surface area contributed by atoms with Gasteiger partial charge in [0.1, 0.15) is 11.5 Å². The van der Waals surface area contributed by atoms with Gasteiger partial charge >= 0.3 is 5.97 Å². The van der Waals surface area contributed by atoms with Gasteiger partial charge in [-0.3, -0.25) is 4.79 Å². The molecule has 1 aromatic carbocycles. The Labute approximate surface area is 118 Å². The Balaban J connectivity index is 3.15. The van der Waals surface area contributed by atoms with Gasteiger partial charge in [0, 0.05) is 11.6 Å². The van der Waals surface area contributed by atoms with Gasteiger partial charge in [0.05, 0.1) is 23.7 Å². The number of carboxylic acid groups (broad SMARTS) is 1. The summed E-state index contributed by atoms with van der Waals surface area (Å²) in [7, 11) is 0. The highest BCUT2D eigenvalue weighted by Gasteiger charge is 2.15. The van der Waals surface area contributed by atoms with Crippen LogP contribution in [-0.4, -0.2) is 23.3 Å². The van der Waals surface area contributed by atoms with E-state index in [2.05, 4.69) is 0 Å². The van der Waals surface area contributed by atoms with Gasteiger partial charge in [-0.05, 0) is 33.8 Å². The SMILES string of the molecule is CC(C)Oc1cc(CC(=O)O)c(OC(C)C)cc1Cl. The summed E-state index contributed by atoms with van der Waals surface area (Å²) in [5.74, 6) is 0.0361. The molecular weight excluding hydrogens is 268 g/mol. The van der Waals surface area contributed by atoms with Crippen molar-refractivity contribution in [3.05, 3.63) is 22.7 Å². The van der Waals surface area contributed by atoms with Crippen LogP contribution in [0.5, 0.6) is 11.5 Å². The molecule has 5 heteroatoms. The zero-order valence-electron chi connectivity index (χ0n) is 11.6. The summed E-state index contributed by atoms with van der Waals surface area (Å²) >= 11 is 6.11. The number of halogens is 1. The number of benzene rings is 1. The second-order valence-electron chi connectivity index (χ2n) is 4.79. The molecule has 1 aromatic rings. The van der Waals surface area contributed by atoms with Crippen LogP contribution >= 0.6 is 11.6 Å². The highest BCUT2D eigenvalue weighted by Crippen LogP contribution is 2.34. The predicted octanol–water partition coefficient (Wildman–Crippen LogP) is 3.54. The summed E-state index contributed by atoms with van der Waals surface area (Å²) in [5, 5.41) is 9.35. The molecule has 0 fully saturated rings. The molecular formula is C14H19ClO4. The zero-order chi connectivity index (χ0) is 14.6. The average molecular weight is 287 g/mol. The van der Waals surface area contributed by atoms with E-state index in [0.29, 0.717) is 22.1 Å². The van der Waals surface area contributed by atoms with Crippen molar-refractivity contribution < 1.29 is 19.4 Å². The lowest BCUT2D eigenvalue weighted by Gasteiger charge is -2.17. The maximum absolute atomic E-state index is 10.9. The van der Waals surface area contributed by atoms with Crippen molar-refractivity contribution >= 4 is 17.6 Å². The molecule has 1 rings (SSSR count). The van der Waals surface area contributed by atoms with Crippen molar-refractivity contribution in [1.29, 1.82) is 0 Å². The number of hydrogen-bond acceptors (Lipinski definition) is 3. The van der Waals surface area contributed by atoms with E-state index in [-0.39, 0.29) is 18.6 Å². The topological polar surface area (TPSA) is 55.8 Å². The van der Waals surface area contributed by atoms with E-state index in [1.807, 2.05) is 27.7 Å². The Kier molecular flexibility index (Phi) is 5.48. The fraction of sp³-hybridized carbons (Fsp3) is 0.500. The van der Waals surface area contributed by atoms with E-state index < -0.39 is 5.97 Å². The molecule has 1 N–H and O–H groups in total. The fourth-order valence-corrected chi connectivity index (χ4v) is 1.78. The first-order chi connectivity index (χ1) is 8.79. The number of ether oxygens (including phenoxy) is 2. The molecule has 0 heterocycles. The van der Waals surface area contributed by atoms with Crippen molar-refractivity contribution in [1.82, 2.24) is 0 Å². The molecule has 0 spiro atoms. The van der Waals surface area contributed by atoms with Crippen LogP contribution in [0.3, 0.4) is 0 Å². The van der Waals surface area contributed by atoms with Crippen molar-refractivity contribution in [2.24, 2.45) is 0 Å². The monoisotopic (exact) mass is 286 g/mol. The Morgan fingerprint density at radius 2 is 1.68 bits per heavy atom. The fourth-order valence-electron chi connectivity index (χ4n) is 1.59. The molecule has 0 unspecified atom stereocenters. The third kappa shape index (κ3) is 4.99. The van der Waals surface area contributed by atoms with E-state index in [4.69, 9.17) is 26.2 Å². The number of aliphatic carboxylic acids is 1. The smallest absolute Gasteiger partial charge is 0.307 e. The van der Waals surface area contributed by atoms with Gasteiger partial charge in [-0.1, -0.05) is 11.6 Å². The first kappa shape index (κ1) is 15.6. The summed E-state index contributed by atoms with van der Waals surface area (Å²) in [6.07, 6.45) is -0.222.